The van der Waals surface area contributed by atoms with E-state index in [2.05, 4.69) is 15.3 Å². The monoisotopic (exact) mass is 327 g/mol. The van der Waals surface area contributed by atoms with Crippen molar-refractivity contribution < 1.29 is 9.53 Å². The summed E-state index contributed by atoms with van der Waals surface area (Å²) in [5.41, 5.74) is 0. The molecule has 0 radical (unpaired) electrons. The van der Waals surface area contributed by atoms with Gasteiger partial charge in [-0.1, -0.05) is 23.2 Å². The highest BCUT2D eigenvalue weighted by molar-refractivity contribution is 6.42. The third kappa shape index (κ3) is 5.28. The molecule has 2 rings (SSSR count). The topological polar surface area (TPSA) is 67.0 Å². The molecule has 0 spiro atoms. The number of rotatable bonds is 7. The molecule has 112 valence electrons. The van der Waals surface area contributed by atoms with Gasteiger partial charge in [-0.25, -0.2) is 4.98 Å². The van der Waals surface area contributed by atoms with E-state index in [1.54, 1.807) is 30.6 Å². The van der Waals surface area contributed by atoms with Crippen LogP contribution in [0.15, 0.2) is 30.6 Å². The summed E-state index contributed by atoms with van der Waals surface area (Å²) in [6, 6.07) is 4.99. The zero-order chi connectivity index (χ0) is 15.1. The Kier molecular flexibility index (Phi) is 5.90. The van der Waals surface area contributed by atoms with E-state index < -0.39 is 0 Å². The number of halogens is 2. The summed E-state index contributed by atoms with van der Waals surface area (Å²) in [6.07, 6.45) is 4.38. The van der Waals surface area contributed by atoms with Gasteiger partial charge in [0.1, 0.15) is 11.6 Å². The minimum Gasteiger partial charge on any atom is -0.493 e. The number of aromatic nitrogens is 2. The normalized spacial score (nSPS) is 10.4. The Morgan fingerprint density at radius 1 is 1.33 bits per heavy atom. The second-order valence-electron chi connectivity index (χ2n) is 4.31. The van der Waals surface area contributed by atoms with Crippen molar-refractivity contribution in [3.05, 3.63) is 46.5 Å². The molecule has 0 unspecified atom stereocenters. The summed E-state index contributed by atoms with van der Waals surface area (Å²) in [4.78, 5) is 18.7. The molecule has 1 amide bonds. The summed E-state index contributed by atoms with van der Waals surface area (Å²) in [7, 11) is 0. The molecule has 0 aliphatic heterocycles. The van der Waals surface area contributed by atoms with Crippen molar-refractivity contribution in [2.45, 2.75) is 12.8 Å². The van der Waals surface area contributed by atoms with Crippen molar-refractivity contribution >= 4 is 29.1 Å². The molecular weight excluding hydrogens is 313 g/mol. The highest BCUT2D eigenvalue weighted by Crippen LogP contribution is 2.26. The van der Waals surface area contributed by atoms with Gasteiger partial charge in [-0.15, -0.1) is 0 Å². The maximum atomic E-state index is 11.6. The van der Waals surface area contributed by atoms with E-state index in [1.807, 2.05) is 0 Å². The largest absolute Gasteiger partial charge is 0.493 e. The first kappa shape index (κ1) is 15.7. The SMILES string of the molecule is O=C(CCOc1ccc(Cl)c(Cl)c1)NCCc1ncc[nH]1. The second kappa shape index (κ2) is 7.90. The van der Waals surface area contributed by atoms with Gasteiger partial charge in [-0.3, -0.25) is 4.79 Å². The third-order valence-electron chi connectivity index (χ3n) is 2.73. The summed E-state index contributed by atoms with van der Waals surface area (Å²) >= 11 is 11.7. The van der Waals surface area contributed by atoms with E-state index in [0.717, 1.165) is 5.82 Å². The average Bonchev–Trinajstić information content (AvgIpc) is 2.96. The van der Waals surface area contributed by atoms with Crippen LogP contribution in [-0.4, -0.2) is 29.0 Å². The molecule has 0 aliphatic carbocycles. The summed E-state index contributed by atoms with van der Waals surface area (Å²) in [5, 5.41) is 3.70. The molecule has 0 saturated heterocycles. The minimum absolute atomic E-state index is 0.0679. The maximum absolute atomic E-state index is 11.6. The fraction of sp³-hybridized carbons (Fsp3) is 0.286. The standard InChI is InChI=1S/C14H15Cl2N3O2/c15-11-2-1-10(9-12(11)16)21-8-4-14(20)19-5-3-13-17-6-7-18-13/h1-2,6-7,9H,3-5,8H2,(H,17,18)(H,19,20). The van der Waals surface area contributed by atoms with Crippen LogP contribution in [0.3, 0.4) is 0 Å². The number of ether oxygens (including phenoxy) is 1. The predicted octanol–water partition coefficient (Wildman–Crippen LogP) is 2.84. The van der Waals surface area contributed by atoms with Crippen molar-refractivity contribution in [1.29, 1.82) is 0 Å². The highest BCUT2D eigenvalue weighted by atomic mass is 35.5. The minimum atomic E-state index is -0.0679. The van der Waals surface area contributed by atoms with Crippen molar-refractivity contribution in [2.75, 3.05) is 13.2 Å². The molecule has 2 aromatic rings. The van der Waals surface area contributed by atoms with Crippen LogP contribution in [0.5, 0.6) is 5.75 Å². The third-order valence-corrected chi connectivity index (χ3v) is 3.47. The molecule has 5 nitrogen and oxygen atoms in total. The van der Waals surface area contributed by atoms with E-state index >= 15 is 0 Å². The zero-order valence-corrected chi connectivity index (χ0v) is 12.7. The number of hydrogen-bond donors (Lipinski definition) is 2. The maximum Gasteiger partial charge on any atom is 0.223 e. The fourth-order valence-corrected chi connectivity index (χ4v) is 1.96. The Hall–Kier alpha value is -1.72. The fourth-order valence-electron chi connectivity index (χ4n) is 1.67. The van der Waals surface area contributed by atoms with Crippen LogP contribution in [0.1, 0.15) is 12.2 Å². The lowest BCUT2D eigenvalue weighted by Crippen LogP contribution is -2.27. The summed E-state index contributed by atoms with van der Waals surface area (Å²) in [6.45, 7) is 0.823. The first-order valence-corrected chi connectivity index (χ1v) is 7.23. The van der Waals surface area contributed by atoms with E-state index in [-0.39, 0.29) is 18.9 Å². The van der Waals surface area contributed by atoms with Crippen molar-refractivity contribution in [2.24, 2.45) is 0 Å². The number of nitrogens with one attached hydrogen (secondary N) is 2. The van der Waals surface area contributed by atoms with Gasteiger partial charge >= 0.3 is 0 Å². The van der Waals surface area contributed by atoms with Gasteiger partial charge in [0.15, 0.2) is 0 Å². The molecule has 2 N–H and O–H groups in total. The smallest absolute Gasteiger partial charge is 0.223 e. The van der Waals surface area contributed by atoms with Gasteiger partial charge in [0.2, 0.25) is 5.91 Å². The number of carbonyl (C=O) groups excluding carboxylic acids is 1. The van der Waals surface area contributed by atoms with Crippen LogP contribution in [0.25, 0.3) is 0 Å². The number of aromatic amines is 1. The van der Waals surface area contributed by atoms with E-state index in [9.17, 15) is 4.79 Å². The first-order chi connectivity index (χ1) is 10.1. The van der Waals surface area contributed by atoms with Gasteiger partial charge in [-0.2, -0.15) is 0 Å². The Labute approximate surface area is 132 Å². The number of benzene rings is 1. The molecule has 0 atom stereocenters. The van der Waals surface area contributed by atoms with Crippen molar-refractivity contribution in [1.82, 2.24) is 15.3 Å². The molecular formula is C14H15Cl2N3O2. The van der Waals surface area contributed by atoms with Crippen LogP contribution in [0, 0.1) is 0 Å². The summed E-state index contributed by atoms with van der Waals surface area (Å²) < 4.78 is 5.44. The lowest BCUT2D eigenvalue weighted by molar-refractivity contribution is -0.121. The van der Waals surface area contributed by atoms with E-state index in [1.165, 1.54) is 0 Å². The zero-order valence-electron chi connectivity index (χ0n) is 11.2. The number of carbonyl (C=O) groups is 1. The molecule has 0 bridgehead atoms. The molecule has 1 aromatic heterocycles. The number of hydrogen-bond acceptors (Lipinski definition) is 3. The number of H-pyrrole nitrogens is 1. The highest BCUT2D eigenvalue weighted by Gasteiger charge is 2.04. The molecule has 7 heteroatoms. The predicted molar refractivity (Wildman–Crippen MR) is 81.9 cm³/mol. The van der Waals surface area contributed by atoms with Gasteiger partial charge in [0.25, 0.3) is 0 Å². The van der Waals surface area contributed by atoms with Gasteiger partial charge in [-0.05, 0) is 12.1 Å². The van der Waals surface area contributed by atoms with Crippen LogP contribution in [0.4, 0.5) is 0 Å². The number of nitrogens with zero attached hydrogens (tertiary/aromatic N) is 1. The molecule has 1 aromatic carbocycles. The van der Waals surface area contributed by atoms with Crippen LogP contribution in [0.2, 0.25) is 10.0 Å². The molecule has 0 saturated carbocycles. The second-order valence-corrected chi connectivity index (χ2v) is 5.12. The lowest BCUT2D eigenvalue weighted by atomic mass is 10.3. The van der Waals surface area contributed by atoms with Crippen LogP contribution >= 0.6 is 23.2 Å². The van der Waals surface area contributed by atoms with Crippen LogP contribution in [-0.2, 0) is 11.2 Å². The lowest BCUT2D eigenvalue weighted by Gasteiger charge is -2.07. The first-order valence-electron chi connectivity index (χ1n) is 6.48. The van der Waals surface area contributed by atoms with Gasteiger partial charge in [0.05, 0.1) is 23.1 Å². The van der Waals surface area contributed by atoms with E-state index in [4.69, 9.17) is 27.9 Å². The number of imidazole rings is 1. The number of amides is 1. The molecule has 1 heterocycles. The van der Waals surface area contributed by atoms with E-state index in [0.29, 0.717) is 28.8 Å². The molecule has 0 aliphatic rings. The van der Waals surface area contributed by atoms with Gasteiger partial charge < -0.3 is 15.0 Å². The average molecular weight is 328 g/mol. The van der Waals surface area contributed by atoms with Crippen LogP contribution < -0.4 is 10.1 Å². The Morgan fingerprint density at radius 3 is 2.90 bits per heavy atom. The Bertz CT molecular complexity index is 588. The van der Waals surface area contributed by atoms with Gasteiger partial charge in [0, 0.05) is 31.4 Å². The Morgan fingerprint density at radius 2 is 2.19 bits per heavy atom. The quantitative estimate of drug-likeness (QED) is 0.821. The molecule has 0 fully saturated rings. The summed E-state index contributed by atoms with van der Waals surface area (Å²) in [5.74, 6) is 1.37. The Balaban J connectivity index is 1.63. The van der Waals surface area contributed by atoms with Crippen molar-refractivity contribution in [3.8, 4) is 5.75 Å². The molecule has 21 heavy (non-hydrogen) atoms. The van der Waals surface area contributed by atoms with Crippen molar-refractivity contribution in [3.63, 3.8) is 0 Å².